The van der Waals surface area contributed by atoms with E-state index in [4.69, 9.17) is 15.2 Å². The lowest BCUT2D eigenvalue weighted by Gasteiger charge is -2.20. The smallest absolute Gasteiger partial charge is 0.355 e. The first-order valence-electron chi connectivity index (χ1n) is 12.0. The van der Waals surface area contributed by atoms with Gasteiger partial charge in [0.05, 0.1) is 19.2 Å². The van der Waals surface area contributed by atoms with Crippen LogP contribution < -0.4 is 11.3 Å². The second-order valence-electron chi connectivity index (χ2n) is 9.80. The highest BCUT2D eigenvalue weighted by molar-refractivity contribution is 6.08. The summed E-state index contributed by atoms with van der Waals surface area (Å²) >= 11 is 0. The fourth-order valence-corrected chi connectivity index (χ4v) is 4.22. The van der Waals surface area contributed by atoms with Gasteiger partial charge in [0.2, 0.25) is 5.91 Å². The molecule has 3 aromatic carbocycles. The highest BCUT2D eigenvalue weighted by Gasteiger charge is 2.25. The predicted molar refractivity (Wildman–Crippen MR) is 144 cm³/mol. The molecule has 0 fully saturated rings. The number of amides is 1. The molecule has 0 saturated carbocycles. The number of hydrogen-bond acceptors (Lipinski definition) is 6. The first-order valence-corrected chi connectivity index (χ1v) is 12.0. The zero-order chi connectivity index (χ0) is 27.6. The molecule has 8 nitrogen and oxygen atoms in total. The van der Waals surface area contributed by atoms with Gasteiger partial charge in [-0.1, -0.05) is 42.5 Å². The van der Waals surface area contributed by atoms with E-state index in [1.54, 1.807) is 45.0 Å². The van der Waals surface area contributed by atoms with Crippen LogP contribution in [0.25, 0.3) is 21.9 Å². The molecule has 0 aliphatic rings. The Balaban J connectivity index is 1.93. The monoisotopic (exact) mass is 512 g/mol. The molecular formula is C30H28N2O6. The van der Waals surface area contributed by atoms with Gasteiger partial charge in [0.1, 0.15) is 11.3 Å². The fraction of sp³-hybridized carbons (Fsp3) is 0.200. The van der Waals surface area contributed by atoms with Crippen LogP contribution in [0, 0.1) is 0 Å². The minimum atomic E-state index is -0.710. The van der Waals surface area contributed by atoms with Crippen molar-refractivity contribution in [3.05, 3.63) is 106 Å². The van der Waals surface area contributed by atoms with Crippen molar-refractivity contribution >= 4 is 28.6 Å². The number of nitrogens with two attached hydrogens (primary N) is 1. The van der Waals surface area contributed by atoms with Crippen LogP contribution in [-0.4, -0.2) is 35.1 Å². The molecule has 1 amide bonds. The molecule has 194 valence electrons. The van der Waals surface area contributed by atoms with Crippen LogP contribution >= 0.6 is 0 Å². The van der Waals surface area contributed by atoms with Crippen LogP contribution in [0.15, 0.2) is 77.6 Å². The number of ether oxygens (including phenoxy) is 2. The average Bonchev–Trinajstić information content (AvgIpc) is 2.89. The molecule has 0 atom stereocenters. The van der Waals surface area contributed by atoms with Crippen LogP contribution in [0.4, 0.5) is 0 Å². The van der Waals surface area contributed by atoms with Crippen molar-refractivity contribution in [2.75, 3.05) is 7.11 Å². The highest BCUT2D eigenvalue weighted by atomic mass is 16.6. The molecule has 4 aromatic rings. The second kappa shape index (κ2) is 10.3. The van der Waals surface area contributed by atoms with Gasteiger partial charge < -0.3 is 15.2 Å². The summed E-state index contributed by atoms with van der Waals surface area (Å²) < 4.78 is 11.9. The topological polar surface area (TPSA) is 118 Å². The molecule has 2 N–H and O–H groups in total. The molecule has 38 heavy (non-hydrogen) atoms. The van der Waals surface area contributed by atoms with Gasteiger partial charge in [-0.05, 0) is 67.6 Å². The normalized spacial score (nSPS) is 11.3. The highest BCUT2D eigenvalue weighted by Crippen LogP contribution is 2.32. The Kier molecular flexibility index (Phi) is 7.17. The molecular weight excluding hydrogens is 484 g/mol. The molecule has 0 aliphatic carbocycles. The number of aromatic nitrogens is 1. The summed E-state index contributed by atoms with van der Waals surface area (Å²) in [5, 5.41) is 0.723. The van der Waals surface area contributed by atoms with Gasteiger partial charge in [0.25, 0.3) is 5.56 Å². The zero-order valence-corrected chi connectivity index (χ0v) is 21.6. The minimum absolute atomic E-state index is 0.0329. The van der Waals surface area contributed by atoms with Crippen LogP contribution in [-0.2, 0) is 16.0 Å². The maximum absolute atomic E-state index is 13.7. The van der Waals surface area contributed by atoms with Crippen molar-refractivity contribution in [2.24, 2.45) is 5.73 Å². The third-order valence-corrected chi connectivity index (χ3v) is 5.93. The summed E-state index contributed by atoms with van der Waals surface area (Å²) in [6.07, 6.45) is 0. The Morgan fingerprint density at radius 2 is 1.47 bits per heavy atom. The number of pyridine rings is 1. The van der Waals surface area contributed by atoms with Crippen molar-refractivity contribution < 1.29 is 23.9 Å². The van der Waals surface area contributed by atoms with E-state index in [1.807, 2.05) is 30.3 Å². The zero-order valence-electron chi connectivity index (χ0n) is 21.6. The summed E-state index contributed by atoms with van der Waals surface area (Å²) in [4.78, 5) is 51.3. The van der Waals surface area contributed by atoms with Crippen molar-refractivity contribution in [2.45, 2.75) is 32.9 Å². The number of benzene rings is 3. The first kappa shape index (κ1) is 26.3. The largest absolute Gasteiger partial charge is 0.464 e. The third-order valence-electron chi connectivity index (χ3n) is 5.93. The Hall–Kier alpha value is -4.72. The number of carbonyl (C=O) groups is 3. The van der Waals surface area contributed by atoms with E-state index < -0.39 is 29.0 Å². The maximum atomic E-state index is 13.7. The van der Waals surface area contributed by atoms with Crippen molar-refractivity contribution in [3.8, 4) is 11.1 Å². The lowest BCUT2D eigenvalue weighted by atomic mass is 9.95. The Morgan fingerprint density at radius 3 is 2.05 bits per heavy atom. The molecule has 1 heterocycles. The number of fused-ring (bicyclic) bond motifs is 1. The van der Waals surface area contributed by atoms with Crippen LogP contribution in [0.2, 0.25) is 0 Å². The van der Waals surface area contributed by atoms with E-state index in [9.17, 15) is 19.2 Å². The number of rotatable bonds is 6. The van der Waals surface area contributed by atoms with Gasteiger partial charge in [-0.2, -0.15) is 0 Å². The van der Waals surface area contributed by atoms with Gasteiger partial charge in [-0.3, -0.25) is 14.2 Å². The lowest BCUT2D eigenvalue weighted by Crippen LogP contribution is -2.29. The molecule has 4 rings (SSSR count). The molecule has 8 heteroatoms. The quantitative estimate of drug-likeness (QED) is 0.379. The third kappa shape index (κ3) is 5.34. The average molecular weight is 513 g/mol. The second-order valence-corrected chi connectivity index (χ2v) is 9.80. The van der Waals surface area contributed by atoms with Crippen LogP contribution in [0.3, 0.4) is 0 Å². The molecule has 0 saturated heterocycles. The SMILES string of the molecule is COC(=O)c1c(-c2ccccc2)c2cc(C(N)=O)ccc2c(=O)n1Cc1ccc(C(=O)OC(C)(C)C)cc1. The number of hydrogen-bond donors (Lipinski definition) is 1. The summed E-state index contributed by atoms with van der Waals surface area (Å²) in [6.45, 7) is 5.40. The molecule has 0 aliphatic heterocycles. The van der Waals surface area contributed by atoms with Crippen molar-refractivity contribution in [3.63, 3.8) is 0 Å². The number of methoxy groups -OCH3 is 1. The Morgan fingerprint density at radius 1 is 0.842 bits per heavy atom. The minimum Gasteiger partial charge on any atom is -0.464 e. The van der Waals surface area contributed by atoms with Crippen LogP contribution in [0.1, 0.15) is 57.5 Å². The number of primary amides is 1. The van der Waals surface area contributed by atoms with E-state index in [0.29, 0.717) is 33.0 Å². The van der Waals surface area contributed by atoms with E-state index in [0.717, 1.165) is 0 Å². The van der Waals surface area contributed by atoms with Crippen molar-refractivity contribution in [1.82, 2.24) is 4.57 Å². The number of esters is 2. The van der Waals surface area contributed by atoms with Gasteiger partial charge in [0.15, 0.2) is 0 Å². The van der Waals surface area contributed by atoms with E-state index >= 15 is 0 Å². The Labute approximate surface area is 219 Å². The van der Waals surface area contributed by atoms with Gasteiger partial charge >= 0.3 is 11.9 Å². The maximum Gasteiger partial charge on any atom is 0.355 e. The predicted octanol–water partition coefficient (Wildman–Crippen LogP) is 4.56. The standard InChI is InChI=1S/C30H28N2O6/c1-30(2,3)38-28(35)20-12-10-18(11-13-20)17-32-25(29(36)37-4)24(19-8-6-5-7-9-19)23-16-21(26(31)33)14-15-22(23)27(32)34/h5-16H,17H2,1-4H3,(H2,31,33). The van der Waals surface area contributed by atoms with E-state index in [-0.39, 0.29) is 17.8 Å². The molecule has 1 aromatic heterocycles. The summed E-state index contributed by atoms with van der Waals surface area (Å²) in [5.74, 6) is -1.82. The fourth-order valence-electron chi connectivity index (χ4n) is 4.22. The van der Waals surface area contributed by atoms with E-state index in [1.165, 1.54) is 29.9 Å². The first-order chi connectivity index (χ1) is 18.0. The van der Waals surface area contributed by atoms with Gasteiger partial charge in [0, 0.05) is 16.5 Å². The molecule has 0 bridgehead atoms. The van der Waals surface area contributed by atoms with Crippen molar-refractivity contribution in [1.29, 1.82) is 0 Å². The lowest BCUT2D eigenvalue weighted by molar-refractivity contribution is 0.00692. The number of carbonyl (C=O) groups excluding carboxylic acids is 3. The van der Waals surface area contributed by atoms with Crippen LogP contribution in [0.5, 0.6) is 0 Å². The summed E-state index contributed by atoms with van der Waals surface area (Å²) in [7, 11) is 1.24. The number of nitrogens with zero attached hydrogens (tertiary/aromatic N) is 1. The van der Waals surface area contributed by atoms with Gasteiger partial charge in [-0.15, -0.1) is 0 Å². The van der Waals surface area contributed by atoms with E-state index in [2.05, 4.69) is 0 Å². The molecule has 0 spiro atoms. The molecule has 0 unspecified atom stereocenters. The summed E-state index contributed by atoms with van der Waals surface area (Å²) in [6, 6.07) is 20.3. The Bertz CT molecular complexity index is 1600. The van der Waals surface area contributed by atoms with Gasteiger partial charge in [-0.25, -0.2) is 9.59 Å². The summed E-state index contributed by atoms with van der Waals surface area (Å²) in [5.41, 5.74) is 6.83. The molecule has 0 radical (unpaired) electrons.